The maximum Gasteiger partial charge on any atom is 0.299 e. The lowest BCUT2D eigenvalue weighted by atomic mass is 10.3. The highest BCUT2D eigenvalue weighted by Crippen LogP contribution is 2.32. The minimum atomic E-state index is -2.67. The number of anilines is 1. The molecule has 0 atom stereocenters. The largest absolute Gasteiger partial charge is 0.358 e. The van der Waals surface area contributed by atoms with Crippen LogP contribution in [0.2, 0.25) is 0 Å². The van der Waals surface area contributed by atoms with Gasteiger partial charge in [0.2, 0.25) is 5.82 Å². The summed E-state index contributed by atoms with van der Waals surface area (Å²) < 4.78 is 26.6. The highest BCUT2D eigenvalue weighted by Gasteiger charge is 2.22. The highest BCUT2D eigenvalue weighted by atomic mass is 19.3. The molecular formula is C12H15F2N5. The van der Waals surface area contributed by atoms with Gasteiger partial charge in [-0.3, -0.25) is 0 Å². The second-order valence-electron chi connectivity index (χ2n) is 4.97. The van der Waals surface area contributed by atoms with Crippen molar-refractivity contribution in [3.05, 3.63) is 18.0 Å². The van der Waals surface area contributed by atoms with Gasteiger partial charge in [-0.15, -0.1) is 15.3 Å². The number of aromatic nitrogens is 4. The van der Waals surface area contributed by atoms with Gasteiger partial charge in [-0.2, -0.15) is 4.52 Å². The van der Waals surface area contributed by atoms with Gasteiger partial charge in [0, 0.05) is 13.6 Å². The number of hydrogen-bond acceptors (Lipinski definition) is 4. The van der Waals surface area contributed by atoms with Gasteiger partial charge in [0.05, 0.1) is 0 Å². The van der Waals surface area contributed by atoms with E-state index in [1.807, 2.05) is 11.9 Å². The molecule has 1 aliphatic rings. The molecule has 3 rings (SSSR count). The van der Waals surface area contributed by atoms with Crippen molar-refractivity contribution in [3.63, 3.8) is 0 Å². The van der Waals surface area contributed by atoms with Crippen LogP contribution in [0.3, 0.4) is 0 Å². The zero-order valence-corrected chi connectivity index (χ0v) is 10.6. The fourth-order valence-corrected chi connectivity index (χ4v) is 2.03. The van der Waals surface area contributed by atoms with Gasteiger partial charge in [-0.1, -0.05) is 12.8 Å². The maximum absolute atomic E-state index is 12.7. The first-order valence-electron chi connectivity index (χ1n) is 6.37. The van der Waals surface area contributed by atoms with E-state index in [9.17, 15) is 8.78 Å². The highest BCUT2D eigenvalue weighted by molar-refractivity contribution is 5.45. The number of hydrogen-bond donors (Lipinski definition) is 0. The molecule has 2 aromatic rings. The van der Waals surface area contributed by atoms with Gasteiger partial charge in [0.15, 0.2) is 5.65 Å². The second kappa shape index (κ2) is 4.71. The molecule has 0 aliphatic heterocycles. The van der Waals surface area contributed by atoms with Crippen molar-refractivity contribution in [2.45, 2.75) is 25.7 Å². The summed E-state index contributed by atoms with van der Waals surface area (Å²) >= 11 is 0. The van der Waals surface area contributed by atoms with E-state index < -0.39 is 12.2 Å². The fraction of sp³-hybridized carbons (Fsp3) is 0.583. The van der Waals surface area contributed by atoms with Crippen LogP contribution < -0.4 is 4.90 Å². The van der Waals surface area contributed by atoms with Crippen LogP contribution >= 0.6 is 0 Å². The summed E-state index contributed by atoms with van der Waals surface area (Å²) in [6, 6.07) is 3.45. The van der Waals surface area contributed by atoms with Crippen LogP contribution in [0.15, 0.2) is 12.1 Å². The quantitative estimate of drug-likeness (QED) is 0.834. The Kier molecular flexibility index (Phi) is 3.04. The average molecular weight is 267 g/mol. The molecule has 1 aliphatic carbocycles. The summed E-state index contributed by atoms with van der Waals surface area (Å²) in [4.78, 5) is 1.98. The molecule has 2 aromatic heterocycles. The predicted molar refractivity (Wildman–Crippen MR) is 66.4 cm³/mol. The summed E-state index contributed by atoms with van der Waals surface area (Å²) in [5.41, 5.74) is 0.342. The first-order chi connectivity index (χ1) is 9.15. The Labute approximate surface area is 109 Å². The molecule has 2 heterocycles. The second-order valence-corrected chi connectivity index (χ2v) is 4.97. The minimum Gasteiger partial charge on any atom is -0.358 e. The van der Waals surface area contributed by atoms with E-state index in [0.29, 0.717) is 11.5 Å². The number of fused-ring (bicyclic) bond motifs is 1. The maximum atomic E-state index is 12.7. The van der Waals surface area contributed by atoms with Crippen molar-refractivity contribution < 1.29 is 8.78 Å². The number of rotatable bonds is 5. The summed E-state index contributed by atoms with van der Waals surface area (Å²) in [7, 11) is 1.92. The van der Waals surface area contributed by atoms with Crippen molar-refractivity contribution in [2.24, 2.45) is 5.92 Å². The van der Waals surface area contributed by atoms with E-state index in [0.717, 1.165) is 23.4 Å². The Morgan fingerprint density at radius 3 is 2.84 bits per heavy atom. The summed E-state index contributed by atoms with van der Waals surface area (Å²) in [5, 5.41) is 11.3. The minimum absolute atomic E-state index is 0.342. The van der Waals surface area contributed by atoms with Crippen LogP contribution in [0.1, 0.15) is 31.5 Å². The molecular weight excluding hydrogens is 252 g/mol. The molecule has 0 bridgehead atoms. The van der Waals surface area contributed by atoms with E-state index in [-0.39, 0.29) is 0 Å². The van der Waals surface area contributed by atoms with Crippen LogP contribution in [-0.2, 0) is 0 Å². The Balaban J connectivity index is 1.84. The molecule has 0 spiro atoms. The van der Waals surface area contributed by atoms with E-state index >= 15 is 0 Å². The Morgan fingerprint density at radius 1 is 1.37 bits per heavy atom. The lowest BCUT2D eigenvalue weighted by Gasteiger charge is -2.17. The van der Waals surface area contributed by atoms with Crippen LogP contribution in [-0.4, -0.2) is 33.4 Å². The predicted octanol–water partition coefficient (Wildman–Crippen LogP) is 2.30. The average Bonchev–Trinajstić information content (AvgIpc) is 3.12. The lowest BCUT2D eigenvalue weighted by Crippen LogP contribution is -2.21. The van der Waals surface area contributed by atoms with Gasteiger partial charge in [0.1, 0.15) is 5.82 Å². The van der Waals surface area contributed by atoms with Crippen LogP contribution in [0.5, 0.6) is 0 Å². The van der Waals surface area contributed by atoms with E-state index in [2.05, 4.69) is 15.3 Å². The molecule has 102 valence electrons. The van der Waals surface area contributed by atoms with Gasteiger partial charge in [-0.05, 0) is 24.5 Å². The molecule has 0 N–H and O–H groups in total. The first kappa shape index (κ1) is 12.3. The van der Waals surface area contributed by atoms with E-state index in [1.165, 1.54) is 12.8 Å². The van der Waals surface area contributed by atoms with Gasteiger partial charge >= 0.3 is 0 Å². The van der Waals surface area contributed by atoms with Crippen molar-refractivity contribution in [1.82, 2.24) is 19.8 Å². The van der Waals surface area contributed by atoms with Crippen molar-refractivity contribution in [2.75, 3.05) is 18.5 Å². The molecule has 7 heteroatoms. The Hall–Kier alpha value is -1.79. The molecule has 1 fully saturated rings. The number of halogens is 2. The van der Waals surface area contributed by atoms with E-state index in [4.69, 9.17) is 0 Å². The molecule has 0 unspecified atom stereocenters. The fourth-order valence-electron chi connectivity index (χ4n) is 2.03. The van der Waals surface area contributed by atoms with Crippen LogP contribution in [0.25, 0.3) is 5.65 Å². The van der Waals surface area contributed by atoms with Gasteiger partial charge in [0.25, 0.3) is 6.43 Å². The molecule has 0 saturated heterocycles. The number of nitrogens with zero attached hydrogens (tertiary/aromatic N) is 5. The third kappa shape index (κ3) is 2.50. The standard InChI is InChI=1S/C12H15F2N5/c1-18(7-6-8-2-3-8)10-5-4-9-15-16-12(11(13)14)19(9)17-10/h4-5,8,11H,2-3,6-7H2,1H3. The molecule has 5 nitrogen and oxygen atoms in total. The third-order valence-electron chi connectivity index (χ3n) is 3.43. The Bertz CT molecular complexity index is 579. The zero-order valence-electron chi connectivity index (χ0n) is 10.6. The summed E-state index contributed by atoms with van der Waals surface area (Å²) in [5.74, 6) is 1.08. The van der Waals surface area contributed by atoms with Crippen LogP contribution in [0.4, 0.5) is 14.6 Å². The first-order valence-corrected chi connectivity index (χ1v) is 6.37. The molecule has 0 amide bonds. The summed E-state index contributed by atoms with van der Waals surface area (Å²) in [6.45, 7) is 0.884. The molecule has 1 saturated carbocycles. The smallest absolute Gasteiger partial charge is 0.299 e. The number of alkyl halides is 2. The Morgan fingerprint density at radius 2 is 2.16 bits per heavy atom. The van der Waals surface area contributed by atoms with Crippen molar-refractivity contribution in [3.8, 4) is 0 Å². The third-order valence-corrected chi connectivity index (χ3v) is 3.43. The summed E-state index contributed by atoms with van der Waals surface area (Å²) in [6.07, 6.45) is 1.07. The normalized spacial score (nSPS) is 15.4. The SMILES string of the molecule is CN(CCC1CC1)c1ccc2nnc(C(F)F)n2n1. The lowest BCUT2D eigenvalue weighted by molar-refractivity contribution is 0.137. The van der Waals surface area contributed by atoms with E-state index in [1.54, 1.807) is 12.1 Å². The molecule has 0 radical (unpaired) electrons. The monoisotopic (exact) mass is 267 g/mol. The molecule has 0 aromatic carbocycles. The van der Waals surface area contributed by atoms with Crippen LogP contribution in [0, 0.1) is 5.92 Å². The molecule has 19 heavy (non-hydrogen) atoms. The van der Waals surface area contributed by atoms with Crippen molar-refractivity contribution >= 4 is 11.5 Å². The zero-order chi connectivity index (χ0) is 13.4. The topological polar surface area (TPSA) is 46.3 Å². The van der Waals surface area contributed by atoms with Crippen molar-refractivity contribution in [1.29, 1.82) is 0 Å². The van der Waals surface area contributed by atoms with Gasteiger partial charge < -0.3 is 4.90 Å². The van der Waals surface area contributed by atoms with Gasteiger partial charge in [-0.25, -0.2) is 8.78 Å².